The summed E-state index contributed by atoms with van der Waals surface area (Å²) in [4.78, 5) is 17.0. The zero-order valence-electron chi connectivity index (χ0n) is 17.7. The number of thioether (sulfide) groups is 1. The summed E-state index contributed by atoms with van der Waals surface area (Å²) in [5, 5.41) is 15.2. The lowest BCUT2D eigenvalue weighted by molar-refractivity contribution is -0.113. The van der Waals surface area contributed by atoms with E-state index in [1.54, 1.807) is 13.2 Å². The molecule has 0 saturated carbocycles. The summed E-state index contributed by atoms with van der Waals surface area (Å²) in [6.07, 6.45) is 1.77. The van der Waals surface area contributed by atoms with E-state index in [2.05, 4.69) is 27.1 Å². The SMILES string of the molecule is C=CCn1c(SCC(=O)Nc2nc(-c3ccc(Cl)cc3)cs2)nnc1-c1ccc(OC)cc1. The topological polar surface area (TPSA) is 81.9 Å². The number of halogens is 1. The van der Waals surface area contributed by atoms with Crippen molar-refractivity contribution >= 4 is 45.7 Å². The van der Waals surface area contributed by atoms with E-state index in [1.807, 2.05) is 58.5 Å². The van der Waals surface area contributed by atoms with Gasteiger partial charge in [0.2, 0.25) is 5.91 Å². The zero-order valence-corrected chi connectivity index (χ0v) is 20.1. The van der Waals surface area contributed by atoms with Gasteiger partial charge in [0.25, 0.3) is 0 Å². The van der Waals surface area contributed by atoms with Crippen molar-refractivity contribution < 1.29 is 9.53 Å². The molecule has 0 bridgehead atoms. The Labute approximate surface area is 204 Å². The van der Waals surface area contributed by atoms with Gasteiger partial charge in [0.15, 0.2) is 16.1 Å². The first-order valence-corrected chi connectivity index (χ1v) is 12.1. The minimum Gasteiger partial charge on any atom is -0.497 e. The van der Waals surface area contributed by atoms with Crippen molar-refractivity contribution in [1.29, 1.82) is 0 Å². The molecule has 1 amide bonds. The van der Waals surface area contributed by atoms with Gasteiger partial charge in [-0.3, -0.25) is 9.36 Å². The van der Waals surface area contributed by atoms with Crippen LogP contribution in [-0.4, -0.2) is 38.5 Å². The average molecular weight is 498 g/mol. The Morgan fingerprint density at radius 1 is 1.18 bits per heavy atom. The first kappa shape index (κ1) is 23.0. The molecule has 4 aromatic rings. The molecule has 0 unspecified atom stereocenters. The summed E-state index contributed by atoms with van der Waals surface area (Å²) in [5.41, 5.74) is 2.63. The monoisotopic (exact) mass is 497 g/mol. The van der Waals surface area contributed by atoms with E-state index < -0.39 is 0 Å². The van der Waals surface area contributed by atoms with E-state index in [-0.39, 0.29) is 11.7 Å². The van der Waals surface area contributed by atoms with Crippen molar-refractivity contribution in [3.8, 4) is 28.4 Å². The number of aromatic nitrogens is 4. The van der Waals surface area contributed by atoms with E-state index in [0.717, 1.165) is 22.6 Å². The van der Waals surface area contributed by atoms with Crippen molar-refractivity contribution in [2.75, 3.05) is 18.2 Å². The Bertz CT molecular complexity index is 1250. The predicted molar refractivity (Wildman–Crippen MR) is 134 cm³/mol. The van der Waals surface area contributed by atoms with E-state index in [9.17, 15) is 4.79 Å². The van der Waals surface area contributed by atoms with E-state index in [0.29, 0.717) is 27.7 Å². The number of ether oxygens (including phenoxy) is 1. The maximum absolute atomic E-state index is 12.5. The van der Waals surface area contributed by atoms with Crippen LogP contribution in [0.3, 0.4) is 0 Å². The molecule has 33 heavy (non-hydrogen) atoms. The van der Waals surface area contributed by atoms with E-state index in [4.69, 9.17) is 16.3 Å². The maximum atomic E-state index is 12.5. The van der Waals surface area contributed by atoms with Crippen LogP contribution in [0.2, 0.25) is 5.02 Å². The minimum atomic E-state index is -0.170. The predicted octanol–water partition coefficient (Wildman–Crippen LogP) is 5.65. The van der Waals surface area contributed by atoms with Gasteiger partial charge in [-0.2, -0.15) is 0 Å². The fraction of sp³-hybridized carbons (Fsp3) is 0.130. The second kappa shape index (κ2) is 10.7. The Kier molecular flexibility index (Phi) is 7.43. The molecule has 0 spiro atoms. The normalized spacial score (nSPS) is 10.7. The van der Waals surface area contributed by atoms with Crippen molar-refractivity contribution in [3.05, 3.63) is 71.6 Å². The number of rotatable bonds is 9. The lowest BCUT2D eigenvalue weighted by Crippen LogP contribution is -2.14. The highest BCUT2D eigenvalue weighted by Gasteiger charge is 2.16. The van der Waals surface area contributed by atoms with Gasteiger partial charge in [0.05, 0.1) is 18.6 Å². The maximum Gasteiger partial charge on any atom is 0.236 e. The number of benzene rings is 2. The molecule has 0 atom stereocenters. The number of carbonyl (C=O) groups excluding carboxylic acids is 1. The number of nitrogens with one attached hydrogen (secondary N) is 1. The summed E-state index contributed by atoms with van der Waals surface area (Å²) in [6, 6.07) is 15.0. The van der Waals surface area contributed by atoms with Crippen LogP contribution in [-0.2, 0) is 11.3 Å². The van der Waals surface area contributed by atoms with Gasteiger partial charge in [-0.25, -0.2) is 4.98 Å². The van der Waals surface area contributed by atoms with Gasteiger partial charge in [-0.15, -0.1) is 28.1 Å². The molecule has 10 heteroatoms. The standard InChI is InChI=1S/C23H20ClN5O2S2/c1-3-12-29-21(16-6-10-18(31-2)11-7-16)27-28-23(29)33-14-20(30)26-22-25-19(13-32-22)15-4-8-17(24)9-5-15/h3-11,13H,1,12,14H2,2H3,(H,25,26,30). The number of carbonyl (C=O) groups is 1. The molecule has 2 aromatic carbocycles. The molecule has 0 fully saturated rings. The van der Waals surface area contributed by atoms with Crippen LogP contribution in [0.1, 0.15) is 0 Å². The Morgan fingerprint density at radius 2 is 1.91 bits per heavy atom. The molecular formula is C23H20ClN5O2S2. The third kappa shape index (κ3) is 5.62. The Morgan fingerprint density at radius 3 is 2.61 bits per heavy atom. The first-order valence-electron chi connectivity index (χ1n) is 9.90. The highest BCUT2D eigenvalue weighted by molar-refractivity contribution is 7.99. The lowest BCUT2D eigenvalue weighted by Gasteiger charge is -2.08. The molecule has 7 nitrogen and oxygen atoms in total. The summed E-state index contributed by atoms with van der Waals surface area (Å²) < 4.78 is 7.14. The molecule has 168 valence electrons. The van der Waals surface area contributed by atoms with E-state index in [1.165, 1.54) is 23.1 Å². The minimum absolute atomic E-state index is 0.170. The second-order valence-corrected chi connectivity index (χ2v) is 9.05. The summed E-state index contributed by atoms with van der Waals surface area (Å²) in [5.74, 6) is 1.47. The summed E-state index contributed by atoms with van der Waals surface area (Å²) in [7, 11) is 1.62. The third-order valence-electron chi connectivity index (χ3n) is 4.60. The van der Waals surface area contributed by atoms with Crippen molar-refractivity contribution in [3.63, 3.8) is 0 Å². The largest absolute Gasteiger partial charge is 0.497 e. The number of hydrogen-bond donors (Lipinski definition) is 1. The number of amides is 1. The molecule has 0 radical (unpaired) electrons. The van der Waals surface area contributed by atoms with Crippen molar-refractivity contribution in [1.82, 2.24) is 19.7 Å². The van der Waals surface area contributed by atoms with Crippen LogP contribution in [0.15, 0.2) is 71.7 Å². The van der Waals surface area contributed by atoms with Gasteiger partial charge < -0.3 is 10.1 Å². The fourth-order valence-corrected chi connectivity index (χ4v) is 4.62. The fourth-order valence-electron chi connectivity index (χ4n) is 3.01. The first-order chi connectivity index (χ1) is 16.1. The average Bonchev–Trinajstić information content (AvgIpc) is 3.46. The number of anilines is 1. The van der Waals surface area contributed by atoms with E-state index >= 15 is 0 Å². The number of methoxy groups -OCH3 is 1. The molecule has 0 aliphatic carbocycles. The van der Waals surface area contributed by atoms with Crippen LogP contribution < -0.4 is 10.1 Å². The van der Waals surface area contributed by atoms with Gasteiger partial charge >= 0.3 is 0 Å². The van der Waals surface area contributed by atoms with Crippen molar-refractivity contribution in [2.45, 2.75) is 11.7 Å². The Balaban J connectivity index is 1.41. The number of allylic oxidation sites excluding steroid dienone is 1. The quantitative estimate of drug-likeness (QED) is 0.238. The van der Waals surface area contributed by atoms with Gasteiger partial charge in [-0.1, -0.05) is 41.6 Å². The smallest absolute Gasteiger partial charge is 0.236 e. The molecule has 4 rings (SSSR count). The molecule has 1 N–H and O–H groups in total. The zero-order chi connectivity index (χ0) is 23.2. The summed E-state index contributed by atoms with van der Waals surface area (Å²) in [6.45, 7) is 4.35. The second-order valence-electron chi connectivity index (χ2n) is 6.82. The molecule has 0 aliphatic rings. The Hall–Kier alpha value is -3.14. The lowest BCUT2D eigenvalue weighted by atomic mass is 10.2. The third-order valence-corrected chi connectivity index (χ3v) is 6.58. The molecule has 0 saturated heterocycles. The summed E-state index contributed by atoms with van der Waals surface area (Å²) >= 11 is 8.62. The molecule has 2 heterocycles. The number of hydrogen-bond acceptors (Lipinski definition) is 7. The highest BCUT2D eigenvalue weighted by Crippen LogP contribution is 2.28. The highest BCUT2D eigenvalue weighted by atomic mass is 35.5. The van der Waals surface area contributed by atoms with Gasteiger partial charge in [0, 0.05) is 28.1 Å². The van der Waals surface area contributed by atoms with Crippen LogP contribution in [0.4, 0.5) is 5.13 Å². The van der Waals surface area contributed by atoms with Crippen LogP contribution >= 0.6 is 34.7 Å². The molecule has 0 aliphatic heterocycles. The van der Waals surface area contributed by atoms with Gasteiger partial charge in [0.1, 0.15) is 5.75 Å². The number of thiazole rings is 1. The van der Waals surface area contributed by atoms with Crippen LogP contribution in [0.5, 0.6) is 5.75 Å². The van der Waals surface area contributed by atoms with Gasteiger partial charge in [-0.05, 0) is 36.4 Å². The van der Waals surface area contributed by atoms with Crippen LogP contribution in [0, 0.1) is 0 Å². The van der Waals surface area contributed by atoms with Crippen molar-refractivity contribution in [2.24, 2.45) is 0 Å². The van der Waals surface area contributed by atoms with Crippen LogP contribution in [0.25, 0.3) is 22.6 Å². The molecular weight excluding hydrogens is 478 g/mol. The molecule has 2 aromatic heterocycles. The number of nitrogens with zero attached hydrogens (tertiary/aromatic N) is 4.